The fourth-order valence-corrected chi connectivity index (χ4v) is 15.6. The number of hydroxylamine groups is 4. The molecule has 2 unspecified atom stereocenters. The summed E-state index contributed by atoms with van der Waals surface area (Å²) in [4.78, 5) is 224. The Bertz CT molecular complexity index is 5240. The molecule has 4 aromatic carbocycles. The van der Waals surface area contributed by atoms with Crippen LogP contribution >= 0.6 is 22.7 Å². The molecule has 6 atom stereocenters. The van der Waals surface area contributed by atoms with Gasteiger partial charge in [-0.25, -0.2) is 38.7 Å². The maximum Gasteiger partial charge on any atom is 0.375 e. The third-order valence-corrected chi connectivity index (χ3v) is 22.0. The molecule has 119 heavy (non-hydrogen) atoms. The number of nitrogens with zero attached hydrogens (tertiary/aromatic N) is 8. The zero-order chi connectivity index (χ0) is 85.8. The summed E-state index contributed by atoms with van der Waals surface area (Å²) in [5.41, 5.74) is -5.99. The lowest BCUT2D eigenvalue weighted by atomic mass is 9.80. The number of benzene rings is 4. The van der Waals surface area contributed by atoms with Crippen molar-refractivity contribution in [1.29, 1.82) is 0 Å². The lowest BCUT2D eigenvalue weighted by Gasteiger charge is -2.38. The minimum atomic E-state index is -2.68. The molecule has 0 radical (unpaired) electrons. The summed E-state index contributed by atoms with van der Waals surface area (Å²) in [5, 5.41) is 42.1. The number of anilines is 1. The van der Waals surface area contributed by atoms with E-state index in [1.54, 1.807) is 53.8 Å². The standard InChI is InChI=1S/C49H48N4O14S.C31H31N5O14S/c1-27-50-33(26-68-27)38(51-67-47(19-14-20-47)43(59)65-45(2,3)4)35(54)21-28-25-61-53(39(28)55)48(44(60)66-46(5,6)7)24-34(42(58)64-48)52-40(56)31-22-36-37(23-32(31)41(52)57)63-49(62-36,29-15-10-8-11-16-29)30-17-12-9-13-18-30;1-29(2,3)49-27(46)31(10-17(25(43)48-31)35-23(41)14-8-18(37)19(38)9-15(14)24(35)42)36-22(40)13(11-47-36)7-20(39)21(16-12-51-28(32)33-16)34-50-30(26(44)45)5-4-6-30/h8-13,15-18,22-23,26,28,34H,14,19-21,24-25H2,1-7H3;8-9,12-13,17,37-38H,4-7,10-11H2,1-3H3,(H2,32,33)(H,44,45)/b51-38-;34-21-/t28-,34-,48?;13-,17-,31?/m00/s1. The van der Waals surface area contributed by atoms with E-state index in [2.05, 4.69) is 20.3 Å². The summed E-state index contributed by atoms with van der Waals surface area (Å²) in [6.07, 6.45) is -0.669. The van der Waals surface area contributed by atoms with Crippen LogP contribution in [0.1, 0.15) is 195 Å². The van der Waals surface area contributed by atoms with E-state index in [1.165, 1.54) is 49.6 Å². The Morgan fingerprint density at radius 3 is 1.26 bits per heavy atom. The highest BCUT2D eigenvalue weighted by Gasteiger charge is 2.69. The number of carboxylic acid groups (broad SMARTS) is 1. The molecule has 2 saturated carbocycles. The topological polar surface area (TPSA) is 491 Å². The maximum absolute atomic E-state index is 14.4. The summed E-state index contributed by atoms with van der Waals surface area (Å²) in [6, 6.07) is 19.2. The van der Waals surface area contributed by atoms with E-state index in [0.29, 0.717) is 61.7 Å². The summed E-state index contributed by atoms with van der Waals surface area (Å²) in [6.45, 7) is 15.1. The number of imide groups is 2. The second kappa shape index (κ2) is 30.4. The van der Waals surface area contributed by atoms with Gasteiger partial charge >= 0.3 is 53.1 Å². The van der Waals surface area contributed by atoms with Gasteiger partial charge in [0.2, 0.25) is 11.2 Å². The van der Waals surface area contributed by atoms with Crippen molar-refractivity contribution in [3.8, 4) is 23.0 Å². The summed E-state index contributed by atoms with van der Waals surface area (Å²) in [5.74, 6) is -19.4. The van der Waals surface area contributed by atoms with Crippen LogP contribution in [0.15, 0.2) is 106 Å². The molecule has 0 bridgehead atoms. The van der Waals surface area contributed by atoms with Crippen LogP contribution in [-0.4, -0.2) is 204 Å². The Morgan fingerprint density at radius 2 is 0.908 bits per heavy atom. The second-order valence-electron chi connectivity index (χ2n) is 32.5. The summed E-state index contributed by atoms with van der Waals surface area (Å²) in [7, 11) is 0. The third kappa shape index (κ3) is 15.2. The molecule has 4 saturated heterocycles. The molecule has 7 aliphatic heterocycles. The van der Waals surface area contributed by atoms with Crippen LogP contribution in [-0.2, 0) is 96.8 Å². The highest BCUT2D eigenvalue weighted by atomic mass is 32.1. The van der Waals surface area contributed by atoms with Gasteiger partial charge in [-0.3, -0.25) is 57.8 Å². The van der Waals surface area contributed by atoms with Crippen LogP contribution in [0.25, 0.3) is 0 Å². The number of ketones is 2. The van der Waals surface area contributed by atoms with Gasteiger partial charge in [0.05, 0.1) is 65.2 Å². The van der Waals surface area contributed by atoms with Gasteiger partial charge in [0.25, 0.3) is 35.4 Å². The number of oxime groups is 2. The number of phenolic OH excluding ortho intramolecular Hbond substituents is 2. The Morgan fingerprint density at radius 1 is 0.529 bits per heavy atom. The van der Waals surface area contributed by atoms with Crippen LogP contribution in [0.4, 0.5) is 5.13 Å². The predicted octanol–water partition coefficient (Wildman–Crippen LogP) is 6.97. The van der Waals surface area contributed by atoms with Crippen molar-refractivity contribution in [2.45, 2.75) is 191 Å². The minimum Gasteiger partial charge on any atom is -0.504 e. The number of aromatic nitrogens is 2. The van der Waals surface area contributed by atoms with E-state index >= 15 is 0 Å². The average Bonchev–Trinajstić information content (AvgIpc) is 1.57. The molecule has 15 rings (SSSR count). The van der Waals surface area contributed by atoms with Gasteiger partial charge in [-0.1, -0.05) is 71.0 Å². The number of carbonyl (C=O) groups is 14. The van der Waals surface area contributed by atoms with E-state index in [9.17, 15) is 82.4 Å². The Balaban J connectivity index is 0.000000204. The summed E-state index contributed by atoms with van der Waals surface area (Å²) < 4.78 is 41.0. The number of carboxylic acids is 1. The van der Waals surface area contributed by atoms with Crippen molar-refractivity contribution in [2.75, 3.05) is 18.9 Å². The predicted molar refractivity (Wildman–Crippen MR) is 405 cm³/mol. The van der Waals surface area contributed by atoms with Crippen molar-refractivity contribution in [1.82, 2.24) is 29.9 Å². The Hall–Kier alpha value is -12.6. The number of rotatable bonds is 22. The number of phenols is 2. The number of amides is 6. The zero-order valence-electron chi connectivity index (χ0n) is 65.6. The molecule has 0 spiro atoms. The number of aryl methyl sites for hydroxylation is 1. The molecule has 6 aromatic rings. The molecule has 5 N–H and O–H groups in total. The van der Waals surface area contributed by atoms with E-state index < -0.39 is 208 Å². The van der Waals surface area contributed by atoms with Crippen LogP contribution in [0.5, 0.6) is 23.0 Å². The molecule has 9 heterocycles. The normalized spacial score (nSPS) is 23.4. The first kappa shape index (κ1) is 82.9. The SMILES string of the molecule is CC(C)(C)OC(=O)C1(N2OC[C@H](CC(=O)/C(=N\OC3(C(=O)O)CCC3)c3csc(N)n3)C2=O)C[C@H](N2C(=O)c3cc(O)c(O)cc3C2=O)C(=O)O1.Cc1nc(/C(=N/OC2(C(=O)OC(C)(C)C)CCC2)C(=O)C[C@H]2CON(C3(C(=O)OC(C)(C)C)C[C@H](N4C(=O)c5cc6c(cc5C4=O)OC(c4ccccc4)(c4ccccc4)O6)C(=O)O3)C2=O)cs1. The molecular weight excluding hydrogens is 1600 g/mol. The van der Waals surface area contributed by atoms with Crippen molar-refractivity contribution in [2.24, 2.45) is 22.1 Å². The van der Waals surface area contributed by atoms with Crippen molar-refractivity contribution >= 4 is 122 Å². The quantitative estimate of drug-likeness (QED) is 0.0133. The first-order valence-corrected chi connectivity index (χ1v) is 39.3. The lowest BCUT2D eigenvalue weighted by Crippen LogP contribution is -2.57. The van der Waals surface area contributed by atoms with E-state index in [1.807, 2.05) is 60.7 Å². The minimum absolute atomic E-state index is 0.0362. The number of nitrogen functional groups attached to an aromatic ring is 1. The van der Waals surface area contributed by atoms with Crippen LogP contribution in [0, 0.1) is 18.8 Å². The van der Waals surface area contributed by atoms with E-state index in [4.69, 9.17) is 58.2 Å². The second-order valence-corrected chi connectivity index (χ2v) is 34.4. The smallest absolute Gasteiger partial charge is 0.375 e. The molecule has 6 amide bonds. The number of thiazole rings is 2. The van der Waals surface area contributed by atoms with Crippen molar-refractivity contribution < 1.29 is 135 Å². The zero-order valence-corrected chi connectivity index (χ0v) is 67.2. The number of hydrogen-bond donors (Lipinski definition) is 4. The molecule has 2 aliphatic carbocycles. The van der Waals surface area contributed by atoms with E-state index in [0.717, 1.165) is 23.5 Å². The average molecular weight is 1680 g/mol. The van der Waals surface area contributed by atoms with Gasteiger partial charge in [0.15, 0.2) is 51.1 Å². The number of esters is 5. The maximum atomic E-state index is 14.4. The van der Waals surface area contributed by atoms with Crippen LogP contribution in [0.3, 0.4) is 0 Å². The number of hydrogen-bond acceptors (Lipinski definition) is 34. The van der Waals surface area contributed by atoms with Gasteiger partial charge in [-0.15, -0.1) is 22.7 Å². The van der Waals surface area contributed by atoms with Crippen LogP contribution < -0.4 is 15.2 Å². The number of ether oxygens (including phenoxy) is 7. The molecule has 624 valence electrons. The number of aromatic hydroxyl groups is 2. The molecule has 6 fully saturated rings. The molecule has 37 nitrogen and oxygen atoms in total. The number of fused-ring (bicyclic) bond motifs is 3. The number of cyclic esters (lactones) is 2. The number of aliphatic carboxylic acids is 1. The number of nitrogens with two attached hydrogens (primary N) is 1. The molecule has 2 aromatic heterocycles. The van der Waals surface area contributed by atoms with Crippen LogP contribution in [0.2, 0.25) is 0 Å². The Kier molecular flexibility index (Phi) is 21.2. The molecule has 39 heteroatoms. The number of carbonyl (C=O) groups excluding carboxylic acids is 13. The highest BCUT2D eigenvalue weighted by molar-refractivity contribution is 7.13. The van der Waals surface area contributed by atoms with Gasteiger partial charge in [0, 0.05) is 60.4 Å². The van der Waals surface area contributed by atoms with Gasteiger partial charge < -0.3 is 63.9 Å². The summed E-state index contributed by atoms with van der Waals surface area (Å²) >= 11 is 2.21. The van der Waals surface area contributed by atoms with E-state index in [-0.39, 0.29) is 68.8 Å². The molecule has 9 aliphatic rings. The van der Waals surface area contributed by atoms with Crippen molar-refractivity contribution in [3.63, 3.8) is 0 Å². The Labute approximate surface area is 684 Å². The first-order chi connectivity index (χ1) is 56.0. The van der Waals surface area contributed by atoms with Crippen molar-refractivity contribution in [3.05, 3.63) is 145 Å². The number of Topliss-reactive ketones (excluding diaryl/α,β-unsaturated/α-hetero) is 2. The largest absolute Gasteiger partial charge is 0.504 e. The fraction of sp³-hybridized carbons (Fsp3) is 0.425. The third-order valence-electron chi connectivity index (χ3n) is 20.6. The fourth-order valence-electron chi connectivity index (χ4n) is 14.4. The monoisotopic (exact) mass is 1680 g/mol. The lowest BCUT2D eigenvalue weighted by molar-refractivity contribution is -0.263. The highest BCUT2D eigenvalue weighted by Crippen LogP contribution is 2.52. The van der Waals surface area contributed by atoms with Gasteiger partial charge in [-0.05, 0) is 106 Å². The van der Waals surface area contributed by atoms with Gasteiger partial charge in [0.1, 0.15) is 40.3 Å². The molecular formula is C80H79N9O28S2. The van der Waals surface area contributed by atoms with Gasteiger partial charge in [-0.2, -0.15) is 10.1 Å². The first-order valence-electron chi connectivity index (χ1n) is 37.6.